The monoisotopic (exact) mass is 296 g/mol. The zero-order valence-corrected chi connectivity index (χ0v) is 14.0. The summed E-state index contributed by atoms with van der Waals surface area (Å²) < 4.78 is 0. The van der Waals surface area contributed by atoms with Gasteiger partial charge in [-0.15, -0.1) is 0 Å². The molecule has 0 aromatic heterocycles. The van der Waals surface area contributed by atoms with E-state index in [1.54, 1.807) is 0 Å². The summed E-state index contributed by atoms with van der Waals surface area (Å²) in [4.78, 5) is 8.91. The van der Waals surface area contributed by atoms with Gasteiger partial charge >= 0.3 is 0 Å². The summed E-state index contributed by atoms with van der Waals surface area (Å²) in [5.41, 5.74) is 4.17. The van der Waals surface area contributed by atoms with Crippen molar-refractivity contribution in [1.82, 2.24) is 0 Å². The fourth-order valence-electron chi connectivity index (χ4n) is 3.18. The fraction of sp³-hybridized carbons (Fsp3) is 0.500. The Labute approximate surface area is 135 Å². The van der Waals surface area contributed by atoms with Gasteiger partial charge in [0, 0.05) is 12.8 Å². The zero-order chi connectivity index (χ0) is 15.8. The number of hydrogen-bond acceptors (Lipinski definition) is 2. The van der Waals surface area contributed by atoms with Crippen LogP contribution in [0.2, 0.25) is 0 Å². The van der Waals surface area contributed by atoms with Crippen LogP contribution in [0.4, 0.5) is 0 Å². The van der Waals surface area contributed by atoms with E-state index < -0.39 is 0 Å². The third-order valence-corrected chi connectivity index (χ3v) is 4.46. The Morgan fingerprint density at radius 2 is 2.00 bits per heavy atom. The van der Waals surface area contributed by atoms with Gasteiger partial charge in [-0.05, 0) is 44.1 Å². The van der Waals surface area contributed by atoms with Crippen molar-refractivity contribution < 1.29 is 0 Å². The van der Waals surface area contributed by atoms with Gasteiger partial charge in [0.2, 0.25) is 0 Å². The normalized spacial score (nSPS) is 23.7. The molecule has 1 fully saturated rings. The van der Waals surface area contributed by atoms with E-state index in [-0.39, 0.29) is 0 Å². The van der Waals surface area contributed by atoms with Crippen molar-refractivity contribution in [3.63, 3.8) is 0 Å². The Hall–Kier alpha value is -1.70. The van der Waals surface area contributed by atoms with E-state index in [4.69, 9.17) is 0 Å². The zero-order valence-electron chi connectivity index (χ0n) is 14.0. The molecule has 0 radical (unpaired) electrons. The van der Waals surface area contributed by atoms with Crippen LogP contribution in [0.3, 0.4) is 0 Å². The van der Waals surface area contributed by atoms with Crippen LogP contribution in [-0.4, -0.2) is 18.5 Å². The van der Waals surface area contributed by atoms with Crippen LogP contribution in [-0.2, 0) is 0 Å². The minimum Gasteiger partial charge on any atom is -0.291 e. The van der Waals surface area contributed by atoms with Crippen molar-refractivity contribution in [3.8, 4) is 0 Å². The quantitative estimate of drug-likeness (QED) is 0.617. The first kappa shape index (κ1) is 16.7. The number of hydrogen-bond donors (Lipinski definition) is 0. The number of nitrogens with zero attached hydrogens (tertiary/aromatic N) is 2. The molecule has 0 unspecified atom stereocenters. The van der Waals surface area contributed by atoms with E-state index in [0.29, 0.717) is 0 Å². The Balaban J connectivity index is 2.10. The molecule has 1 aliphatic heterocycles. The molecule has 0 aromatic rings. The standard InChI is InChI=1S/C20H28N2/c1-4-9-18(13-8-12-17-10-6-5-7-11-17)20-15-14-19(21-3)16(2)22-20/h4,8-9,12-13,17H,2,5-7,10-11,14-15H2,1,3H3/b9-4-,12-8+,18-13+,21-19-. The van der Waals surface area contributed by atoms with E-state index in [0.717, 1.165) is 35.9 Å². The smallest absolute Gasteiger partial charge is 0.0771 e. The van der Waals surface area contributed by atoms with Gasteiger partial charge in [0.25, 0.3) is 0 Å². The largest absolute Gasteiger partial charge is 0.291 e. The number of rotatable bonds is 4. The number of allylic oxidation sites excluding steroid dienone is 7. The highest BCUT2D eigenvalue weighted by atomic mass is 14.8. The van der Waals surface area contributed by atoms with E-state index in [1.165, 1.54) is 37.7 Å². The van der Waals surface area contributed by atoms with E-state index in [1.807, 2.05) is 7.05 Å². The van der Waals surface area contributed by atoms with Crippen LogP contribution >= 0.6 is 0 Å². The van der Waals surface area contributed by atoms with E-state index in [2.05, 4.69) is 53.9 Å². The maximum absolute atomic E-state index is 4.66. The summed E-state index contributed by atoms with van der Waals surface area (Å²) in [5.74, 6) is 0.763. The SMILES string of the molecule is C=C1N=C(C(/C=C\C)=C/C=C/C2CCCCC2)CC/C1=N/C. The lowest BCUT2D eigenvalue weighted by atomic mass is 9.89. The van der Waals surface area contributed by atoms with Crippen LogP contribution in [0.15, 0.2) is 58.2 Å². The maximum Gasteiger partial charge on any atom is 0.0771 e. The predicted octanol–water partition coefficient (Wildman–Crippen LogP) is 5.44. The Morgan fingerprint density at radius 3 is 2.64 bits per heavy atom. The summed E-state index contributed by atoms with van der Waals surface area (Å²) in [5, 5.41) is 0. The summed E-state index contributed by atoms with van der Waals surface area (Å²) in [6, 6.07) is 0. The summed E-state index contributed by atoms with van der Waals surface area (Å²) in [6.07, 6.45) is 19.8. The Kier molecular flexibility index (Phi) is 6.57. The highest BCUT2D eigenvalue weighted by Crippen LogP contribution is 2.25. The van der Waals surface area contributed by atoms with Crippen LogP contribution in [0.1, 0.15) is 51.9 Å². The summed E-state index contributed by atoms with van der Waals surface area (Å²) in [7, 11) is 1.82. The molecule has 2 aliphatic rings. The van der Waals surface area contributed by atoms with Crippen molar-refractivity contribution in [2.45, 2.75) is 51.9 Å². The van der Waals surface area contributed by atoms with Crippen LogP contribution in [0.5, 0.6) is 0 Å². The molecule has 1 aliphatic carbocycles. The molecule has 0 N–H and O–H groups in total. The maximum atomic E-state index is 4.66. The lowest BCUT2D eigenvalue weighted by molar-refractivity contribution is 0.419. The lowest BCUT2D eigenvalue weighted by Crippen LogP contribution is -2.14. The Morgan fingerprint density at radius 1 is 1.23 bits per heavy atom. The third kappa shape index (κ3) is 4.66. The molecule has 1 heterocycles. The molecule has 0 aromatic carbocycles. The highest BCUT2D eigenvalue weighted by Gasteiger charge is 2.15. The van der Waals surface area contributed by atoms with Gasteiger partial charge in [0.1, 0.15) is 0 Å². The van der Waals surface area contributed by atoms with Gasteiger partial charge < -0.3 is 0 Å². The van der Waals surface area contributed by atoms with Crippen LogP contribution in [0, 0.1) is 5.92 Å². The first-order valence-electron chi connectivity index (χ1n) is 8.48. The van der Waals surface area contributed by atoms with Gasteiger partial charge in [0.15, 0.2) is 0 Å². The van der Waals surface area contributed by atoms with Crippen molar-refractivity contribution in [1.29, 1.82) is 0 Å². The highest BCUT2D eigenvalue weighted by molar-refractivity contribution is 6.12. The molecule has 1 saturated carbocycles. The first-order chi connectivity index (χ1) is 10.7. The van der Waals surface area contributed by atoms with Gasteiger partial charge in [-0.25, -0.2) is 0 Å². The molecule has 0 bridgehead atoms. The number of aliphatic imine (C=N–C) groups is 2. The molecule has 0 spiro atoms. The molecule has 22 heavy (non-hydrogen) atoms. The van der Waals surface area contributed by atoms with E-state index in [9.17, 15) is 0 Å². The molecule has 0 amide bonds. The minimum absolute atomic E-state index is 0.763. The molecule has 0 atom stereocenters. The molecule has 2 rings (SSSR count). The van der Waals surface area contributed by atoms with Crippen molar-refractivity contribution in [2.24, 2.45) is 15.9 Å². The van der Waals surface area contributed by atoms with Crippen molar-refractivity contribution >= 4 is 11.4 Å². The lowest BCUT2D eigenvalue weighted by Gasteiger charge is -2.18. The average Bonchev–Trinajstić information content (AvgIpc) is 2.55. The van der Waals surface area contributed by atoms with Crippen molar-refractivity contribution in [2.75, 3.05) is 7.05 Å². The second-order valence-electron chi connectivity index (χ2n) is 6.08. The predicted molar refractivity (Wildman–Crippen MR) is 97.8 cm³/mol. The topological polar surface area (TPSA) is 24.7 Å². The van der Waals surface area contributed by atoms with Crippen LogP contribution in [0.25, 0.3) is 0 Å². The van der Waals surface area contributed by atoms with Gasteiger partial charge in [-0.3, -0.25) is 9.98 Å². The van der Waals surface area contributed by atoms with Crippen molar-refractivity contribution in [3.05, 3.63) is 48.2 Å². The average molecular weight is 296 g/mol. The fourth-order valence-corrected chi connectivity index (χ4v) is 3.18. The molecule has 2 nitrogen and oxygen atoms in total. The molecular weight excluding hydrogens is 268 g/mol. The van der Waals surface area contributed by atoms with E-state index >= 15 is 0 Å². The molecule has 118 valence electrons. The third-order valence-electron chi connectivity index (χ3n) is 4.46. The minimum atomic E-state index is 0.763. The second-order valence-corrected chi connectivity index (χ2v) is 6.08. The molecule has 2 heteroatoms. The van der Waals surface area contributed by atoms with Gasteiger partial charge in [-0.2, -0.15) is 0 Å². The second kappa shape index (κ2) is 8.67. The first-order valence-corrected chi connectivity index (χ1v) is 8.48. The summed E-state index contributed by atoms with van der Waals surface area (Å²) in [6.45, 7) is 6.08. The summed E-state index contributed by atoms with van der Waals surface area (Å²) >= 11 is 0. The Bertz CT molecular complexity index is 538. The van der Waals surface area contributed by atoms with Gasteiger partial charge in [-0.1, -0.05) is 56.2 Å². The molecular formula is C20H28N2. The van der Waals surface area contributed by atoms with Gasteiger partial charge in [0.05, 0.1) is 11.4 Å². The van der Waals surface area contributed by atoms with Crippen LogP contribution < -0.4 is 0 Å². The molecule has 0 saturated heterocycles.